The Morgan fingerprint density at radius 3 is 1.96 bits per heavy atom. The van der Waals surface area contributed by atoms with E-state index in [-0.39, 0.29) is 10.8 Å². The van der Waals surface area contributed by atoms with Gasteiger partial charge in [0.25, 0.3) is 0 Å². The molecule has 0 N–H and O–H groups in total. The Labute approximate surface area is 287 Å². The molecule has 2 nitrogen and oxygen atoms in total. The van der Waals surface area contributed by atoms with Crippen LogP contribution in [-0.2, 0) is 10.8 Å². The molecule has 0 aliphatic heterocycles. The molecule has 0 bridgehead atoms. The maximum absolute atomic E-state index is 6.70. The van der Waals surface area contributed by atoms with E-state index in [9.17, 15) is 0 Å². The minimum absolute atomic E-state index is 0.0791. The number of rotatable bonds is 3. The summed E-state index contributed by atoms with van der Waals surface area (Å²) < 4.78 is 6.70. The predicted molar refractivity (Wildman–Crippen MR) is 206 cm³/mol. The van der Waals surface area contributed by atoms with Crippen molar-refractivity contribution in [3.63, 3.8) is 0 Å². The van der Waals surface area contributed by atoms with E-state index in [4.69, 9.17) is 4.42 Å². The Bertz CT molecular complexity index is 2670. The lowest BCUT2D eigenvalue weighted by Crippen LogP contribution is -2.17. The van der Waals surface area contributed by atoms with Crippen molar-refractivity contribution in [3.05, 3.63) is 161 Å². The summed E-state index contributed by atoms with van der Waals surface area (Å²) in [6.07, 6.45) is 0. The normalized spacial score (nSPS) is 15.0. The second kappa shape index (κ2) is 9.74. The molecule has 7 aromatic carbocycles. The van der Waals surface area contributed by atoms with Crippen LogP contribution in [0.5, 0.6) is 0 Å². The minimum atomic E-state index is -0.183. The fourth-order valence-electron chi connectivity index (χ4n) is 8.99. The molecule has 0 spiro atoms. The second-order valence-electron chi connectivity index (χ2n) is 15.0. The Morgan fingerprint density at radius 2 is 1.12 bits per heavy atom. The highest BCUT2D eigenvalue weighted by atomic mass is 16.3. The van der Waals surface area contributed by atoms with Gasteiger partial charge in [-0.2, -0.15) is 0 Å². The van der Waals surface area contributed by atoms with Crippen molar-refractivity contribution in [2.45, 2.75) is 45.4 Å². The Morgan fingerprint density at radius 1 is 0.469 bits per heavy atom. The van der Waals surface area contributed by atoms with Crippen molar-refractivity contribution >= 4 is 49.8 Å². The maximum Gasteiger partial charge on any atom is 0.159 e. The van der Waals surface area contributed by atoms with Crippen LogP contribution in [0.15, 0.2) is 138 Å². The quantitative estimate of drug-likeness (QED) is 0.193. The van der Waals surface area contributed by atoms with E-state index in [0.717, 1.165) is 44.6 Å². The van der Waals surface area contributed by atoms with Gasteiger partial charge >= 0.3 is 0 Å². The molecule has 8 aromatic rings. The number of nitrogens with zero attached hydrogens (tertiary/aromatic N) is 1. The van der Waals surface area contributed by atoms with E-state index in [1.165, 1.54) is 55.3 Å². The van der Waals surface area contributed by atoms with Gasteiger partial charge in [0.15, 0.2) is 5.58 Å². The zero-order valence-electron chi connectivity index (χ0n) is 28.6. The van der Waals surface area contributed by atoms with Crippen LogP contribution < -0.4 is 4.90 Å². The zero-order chi connectivity index (χ0) is 33.2. The van der Waals surface area contributed by atoms with Crippen molar-refractivity contribution < 1.29 is 4.42 Å². The average Bonchev–Trinajstić information content (AvgIpc) is 3.69. The predicted octanol–water partition coefficient (Wildman–Crippen LogP) is 13.1. The Kier molecular flexibility index (Phi) is 5.65. The lowest BCUT2D eigenvalue weighted by Gasteiger charge is -2.28. The number of anilines is 3. The van der Waals surface area contributed by atoms with Crippen molar-refractivity contribution in [1.82, 2.24) is 0 Å². The number of furan rings is 1. The summed E-state index contributed by atoms with van der Waals surface area (Å²) in [7, 11) is 0. The van der Waals surface area contributed by atoms with Gasteiger partial charge in [0.2, 0.25) is 0 Å². The fourth-order valence-corrected chi connectivity index (χ4v) is 8.99. The molecular formula is C47H37NO. The van der Waals surface area contributed by atoms with Crippen LogP contribution in [0, 0.1) is 6.92 Å². The summed E-state index contributed by atoms with van der Waals surface area (Å²) in [5.74, 6) is 0. The number of benzene rings is 7. The molecule has 0 amide bonds. The third kappa shape index (κ3) is 3.77. The van der Waals surface area contributed by atoms with E-state index in [1.54, 1.807) is 0 Å². The van der Waals surface area contributed by atoms with E-state index >= 15 is 0 Å². The molecule has 0 atom stereocenters. The summed E-state index contributed by atoms with van der Waals surface area (Å²) in [5, 5.41) is 4.93. The van der Waals surface area contributed by atoms with E-state index in [2.05, 4.69) is 173 Å². The molecular weight excluding hydrogens is 595 g/mol. The molecule has 10 rings (SSSR count). The first-order valence-electron chi connectivity index (χ1n) is 17.4. The molecule has 0 fully saturated rings. The molecule has 236 valence electrons. The molecule has 1 aromatic heterocycles. The van der Waals surface area contributed by atoms with Gasteiger partial charge in [-0.1, -0.05) is 119 Å². The van der Waals surface area contributed by atoms with Crippen molar-refractivity contribution in [3.8, 4) is 22.3 Å². The number of aryl methyl sites for hydroxylation is 1. The molecule has 49 heavy (non-hydrogen) atoms. The molecule has 0 saturated carbocycles. The summed E-state index contributed by atoms with van der Waals surface area (Å²) >= 11 is 0. The second-order valence-corrected chi connectivity index (χ2v) is 15.0. The van der Waals surface area contributed by atoms with Crippen molar-refractivity contribution in [2.75, 3.05) is 4.90 Å². The molecule has 2 aliphatic carbocycles. The molecule has 0 radical (unpaired) electrons. The lowest BCUT2D eigenvalue weighted by molar-refractivity contribution is 0.652. The highest BCUT2D eigenvalue weighted by Gasteiger charge is 2.42. The topological polar surface area (TPSA) is 16.4 Å². The van der Waals surface area contributed by atoms with Crippen molar-refractivity contribution in [1.29, 1.82) is 0 Å². The van der Waals surface area contributed by atoms with Crippen LogP contribution >= 0.6 is 0 Å². The number of hydrogen-bond donors (Lipinski definition) is 0. The zero-order valence-corrected chi connectivity index (χ0v) is 28.6. The van der Waals surface area contributed by atoms with Gasteiger partial charge in [-0.15, -0.1) is 0 Å². The van der Waals surface area contributed by atoms with E-state index in [0.29, 0.717) is 0 Å². The van der Waals surface area contributed by atoms with Crippen LogP contribution in [0.4, 0.5) is 17.1 Å². The van der Waals surface area contributed by atoms with Gasteiger partial charge in [0.1, 0.15) is 5.58 Å². The molecule has 0 unspecified atom stereocenters. The van der Waals surface area contributed by atoms with Gasteiger partial charge in [-0.3, -0.25) is 0 Å². The van der Waals surface area contributed by atoms with E-state index in [1.807, 2.05) is 0 Å². The van der Waals surface area contributed by atoms with Crippen LogP contribution in [0.25, 0.3) is 55.0 Å². The third-order valence-corrected chi connectivity index (χ3v) is 11.6. The molecule has 2 heteroatoms. The summed E-state index contributed by atoms with van der Waals surface area (Å²) in [4.78, 5) is 2.37. The average molecular weight is 632 g/mol. The van der Waals surface area contributed by atoms with Crippen LogP contribution in [0.3, 0.4) is 0 Å². The SMILES string of the molecule is Cc1cccc2c1oc1c(N(c3ccccc3)c3ccc4c(c3)C(C)(C)c3cc5c(cc3-4)C(C)(C)c3ccc4ccccc4c3-5)cccc12. The van der Waals surface area contributed by atoms with Gasteiger partial charge < -0.3 is 9.32 Å². The lowest BCUT2D eigenvalue weighted by atomic mass is 9.79. The summed E-state index contributed by atoms with van der Waals surface area (Å²) in [6.45, 7) is 11.7. The first-order valence-corrected chi connectivity index (χ1v) is 17.4. The maximum atomic E-state index is 6.70. The van der Waals surface area contributed by atoms with Gasteiger partial charge in [0.05, 0.1) is 5.69 Å². The monoisotopic (exact) mass is 631 g/mol. The molecule has 2 aliphatic rings. The summed E-state index contributed by atoms with van der Waals surface area (Å²) in [5.41, 5.74) is 17.1. The summed E-state index contributed by atoms with van der Waals surface area (Å²) in [6, 6.07) is 49.2. The molecule has 0 saturated heterocycles. The van der Waals surface area contributed by atoms with Crippen LogP contribution in [0.1, 0.15) is 55.5 Å². The minimum Gasteiger partial charge on any atom is -0.454 e. The fraction of sp³-hybridized carbons (Fsp3) is 0.149. The smallest absolute Gasteiger partial charge is 0.159 e. The van der Waals surface area contributed by atoms with E-state index < -0.39 is 0 Å². The highest BCUT2D eigenvalue weighted by molar-refractivity contribution is 6.11. The number of para-hydroxylation sites is 3. The van der Waals surface area contributed by atoms with Crippen LogP contribution in [-0.4, -0.2) is 0 Å². The highest BCUT2D eigenvalue weighted by Crippen LogP contribution is 2.58. The molecule has 1 heterocycles. The number of hydrogen-bond acceptors (Lipinski definition) is 2. The van der Waals surface area contributed by atoms with Gasteiger partial charge in [-0.05, 0) is 110 Å². The largest absolute Gasteiger partial charge is 0.454 e. The first kappa shape index (κ1) is 28.4. The van der Waals surface area contributed by atoms with Gasteiger partial charge in [-0.25, -0.2) is 0 Å². The Balaban J connectivity index is 1.17. The van der Waals surface area contributed by atoms with Crippen LogP contribution in [0.2, 0.25) is 0 Å². The Hall–Kier alpha value is -5.60. The number of fused-ring (bicyclic) bond motifs is 11. The first-order chi connectivity index (χ1) is 23.7. The third-order valence-electron chi connectivity index (χ3n) is 11.6. The van der Waals surface area contributed by atoms with Crippen molar-refractivity contribution in [2.24, 2.45) is 0 Å². The van der Waals surface area contributed by atoms with Gasteiger partial charge in [0, 0.05) is 33.0 Å². The standard InChI is InChI=1S/C47H37NO/c1-28-13-11-18-34-35-19-12-20-42(45(35)49-44(28)34)48(30-15-7-6-8-16-30)31-22-23-33-36-26-41-37(27-40(36)47(4,5)39(33)25-31)43-32-17-10-9-14-29(32)21-24-38(43)46(41,2)3/h6-27H,1-5H3.